The van der Waals surface area contributed by atoms with E-state index in [1.165, 1.54) is 12.1 Å². The first-order valence-corrected chi connectivity index (χ1v) is 6.64. The molecule has 0 aliphatic carbocycles. The molecule has 7 nitrogen and oxygen atoms in total. The van der Waals surface area contributed by atoms with Crippen molar-refractivity contribution in [2.24, 2.45) is 0 Å². The molecule has 0 bridgehead atoms. The molecule has 0 fully saturated rings. The molecule has 0 aliphatic heterocycles. The Morgan fingerprint density at radius 2 is 2.15 bits per heavy atom. The summed E-state index contributed by atoms with van der Waals surface area (Å²) in [6.45, 7) is 7.97. The van der Waals surface area contributed by atoms with Gasteiger partial charge in [-0.1, -0.05) is 13.8 Å². The second-order valence-electron chi connectivity index (χ2n) is 4.24. The van der Waals surface area contributed by atoms with Gasteiger partial charge in [0, 0.05) is 12.6 Å². The van der Waals surface area contributed by atoms with Crippen LogP contribution < -0.4 is 5.32 Å². The van der Waals surface area contributed by atoms with Gasteiger partial charge in [0.25, 0.3) is 0 Å². The van der Waals surface area contributed by atoms with Crippen molar-refractivity contribution in [3.63, 3.8) is 0 Å². The number of rotatable bonds is 8. The van der Waals surface area contributed by atoms with E-state index in [-0.39, 0.29) is 11.4 Å². The molecule has 0 spiro atoms. The summed E-state index contributed by atoms with van der Waals surface area (Å²) in [7, 11) is 0. The molecule has 0 saturated carbocycles. The zero-order chi connectivity index (χ0) is 15.0. The zero-order valence-electron chi connectivity index (χ0n) is 11.8. The van der Waals surface area contributed by atoms with Crippen molar-refractivity contribution in [3.05, 3.63) is 27.9 Å². The van der Waals surface area contributed by atoms with Gasteiger partial charge in [0.1, 0.15) is 11.9 Å². The van der Waals surface area contributed by atoms with Gasteiger partial charge in [0.15, 0.2) is 0 Å². The van der Waals surface area contributed by atoms with Crippen LogP contribution in [0.25, 0.3) is 0 Å². The summed E-state index contributed by atoms with van der Waals surface area (Å²) in [6, 6.07) is 4.57. The van der Waals surface area contributed by atoms with Crippen LogP contribution in [-0.2, 0) is 0 Å². The molecule has 0 saturated heterocycles. The lowest BCUT2D eigenvalue weighted by atomic mass is 10.3. The topological polar surface area (TPSA) is 95.1 Å². The maximum atomic E-state index is 10.7. The summed E-state index contributed by atoms with van der Waals surface area (Å²) in [5.74, 6) is 0.492. The molecule has 0 unspecified atom stereocenters. The van der Waals surface area contributed by atoms with Gasteiger partial charge >= 0.3 is 5.69 Å². The van der Waals surface area contributed by atoms with Crippen molar-refractivity contribution in [3.8, 4) is 6.07 Å². The van der Waals surface area contributed by atoms with E-state index in [1.807, 2.05) is 0 Å². The van der Waals surface area contributed by atoms with Gasteiger partial charge in [-0.15, -0.1) is 0 Å². The lowest BCUT2D eigenvalue weighted by Gasteiger charge is -2.17. The van der Waals surface area contributed by atoms with E-state index in [0.29, 0.717) is 12.4 Å². The number of nitrogens with one attached hydrogen (secondary N) is 1. The Kier molecular flexibility index (Phi) is 6.40. The van der Waals surface area contributed by atoms with Crippen molar-refractivity contribution in [2.45, 2.75) is 20.3 Å². The quantitative estimate of drug-likeness (QED) is 0.443. The average molecular weight is 277 g/mol. The van der Waals surface area contributed by atoms with E-state index in [4.69, 9.17) is 5.26 Å². The van der Waals surface area contributed by atoms with Crippen molar-refractivity contribution in [1.82, 2.24) is 9.88 Å². The van der Waals surface area contributed by atoms with Gasteiger partial charge in [-0.25, -0.2) is 4.98 Å². The molecule has 0 radical (unpaired) electrons. The van der Waals surface area contributed by atoms with Crippen LogP contribution in [0.2, 0.25) is 0 Å². The normalized spacial score (nSPS) is 10.3. The number of nitrogens with zero attached hydrogens (tertiary/aromatic N) is 4. The molecule has 0 aromatic carbocycles. The van der Waals surface area contributed by atoms with Crippen molar-refractivity contribution in [2.75, 3.05) is 31.5 Å². The van der Waals surface area contributed by atoms with Crippen LogP contribution in [0.15, 0.2) is 12.1 Å². The van der Waals surface area contributed by atoms with E-state index in [1.54, 1.807) is 6.07 Å². The summed E-state index contributed by atoms with van der Waals surface area (Å²) in [6.07, 6.45) is 0.947. The van der Waals surface area contributed by atoms with Crippen molar-refractivity contribution < 1.29 is 4.92 Å². The van der Waals surface area contributed by atoms with Crippen LogP contribution in [-0.4, -0.2) is 41.0 Å². The third-order valence-corrected chi connectivity index (χ3v) is 3.03. The van der Waals surface area contributed by atoms with Gasteiger partial charge in [-0.2, -0.15) is 5.26 Å². The predicted molar refractivity (Wildman–Crippen MR) is 76.5 cm³/mol. The van der Waals surface area contributed by atoms with Gasteiger partial charge < -0.3 is 10.2 Å². The van der Waals surface area contributed by atoms with E-state index >= 15 is 0 Å². The van der Waals surface area contributed by atoms with Gasteiger partial charge in [-0.3, -0.25) is 10.1 Å². The minimum absolute atomic E-state index is 0.163. The number of pyridine rings is 1. The maximum Gasteiger partial charge on any atom is 0.305 e. The Balaban J connectivity index is 2.53. The fourth-order valence-corrected chi connectivity index (χ4v) is 1.84. The van der Waals surface area contributed by atoms with E-state index in [9.17, 15) is 10.1 Å². The number of hydrogen-bond acceptors (Lipinski definition) is 6. The molecular weight excluding hydrogens is 258 g/mol. The highest BCUT2D eigenvalue weighted by molar-refractivity contribution is 5.50. The first-order chi connectivity index (χ1) is 9.62. The smallest absolute Gasteiger partial charge is 0.305 e. The highest BCUT2D eigenvalue weighted by atomic mass is 16.6. The number of nitro groups is 1. The number of nitriles is 1. The summed E-state index contributed by atoms with van der Waals surface area (Å²) in [5, 5.41) is 22.6. The standard InChI is InChI=1S/C13H19N5O2/c1-3-17(4-2)9-5-8-15-13-7-6-12(18(19)20)11(10-14)16-13/h6-7H,3-5,8-9H2,1-2H3,(H,15,16). The fraction of sp³-hybridized carbons (Fsp3) is 0.538. The molecule has 1 N–H and O–H groups in total. The third-order valence-electron chi connectivity index (χ3n) is 3.03. The number of anilines is 1. The molecule has 1 aromatic rings. The molecule has 7 heteroatoms. The molecule has 1 aromatic heterocycles. The Bertz CT molecular complexity index is 494. The number of hydrogen-bond donors (Lipinski definition) is 1. The molecule has 0 atom stereocenters. The van der Waals surface area contributed by atoms with E-state index in [2.05, 4.69) is 29.0 Å². The summed E-state index contributed by atoms with van der Waals surface area (Å²) in [4.78, 5) is 16.3. The van der Waals surface area contributed by atoms with Crippen LogP contribution in [0.1, 0.15) is 26.0 Å². The van der Waals surface area contributed by atoms with Gasteiger partial charge in [0.2, 0.25) is 5.69 Å². The van der Waals surface area contributed by atoms with E-state index < -0.39 is 4.92 Å². The summed E-state index contributed by atoms with van der Waals surface area (Å²) < 4.78 is 0. The average Bonchev–Trinajstić information content (AvgIpc) is 2.47. The van der Waals surface area contributed by atoms with Crippen LogP contribution in [0.3, 0.4) is 0 Å². The Labute approximate surface area is 118 Å². The largest absolute Gasteiger partial charge is 0.370 e. The van der Waals surface area contributed by atoms with Gasteiger partial charge in [-0.05, 0) is 32.1 Å². The second-order valence-corrected chi connectivity index (χ2v) is 4.24. The first kappa shape index (κ1) is 15.9. The van der Waals surface area contributed by atoms with Gasteiger partial charge in [0.05, 0.1) is 4.92 Å². The second kappa shape index (κ2) is 8.07. The Morgan fingerprint density at radius 3 is 2.70 bits per heavy atom. The van der Waals surface area contributed by atoms with Crippen LogP contribution >= 0.6 is 0 Å². The van der Waals surface area contributed by atoms with Crippen molar-refractivity contribution in [1.29, 1.82) is 5.26 Å². The summed E-state index contributed by atoms with van der Waals surface area (Å²) >= 11 is 0. The molecule has 0 amide bonds. The third kappa shape index (κ3) is 4.48. The highest BCUT2D eigenvalue weighted by Crippen LogP contribution is 2.17. The van der Waals surface area contributed by atoms with Crippen LogP contribution in [0.4, 0.5) is 11.5 Å². The van der Waals surface area contributed by atoms with Crippen LogP contribution in [0.5, 0.6) is 0 Å². The first-order valence-electron chi connectivity index (χ1n) is 6.64. The Hall–Kier alpha value is -2.20. The lowest BCUT2D eigenvalue weighted by molar-refractivity contribution is -0.385. The monoisotopic (exact) mass is 277 g/mol. The Morgan fingerprint density at radius 1 is 1.45 bits per heavy atom. The SMILES string of the molecule is CCN(CC)CCCNc1ccc([N+](=O)[O-])c(C#N)n1. The summed E-state index contributed by atoms with van der Waals surface area (Å²) in [5.41, 5.74) is -0.426. The maximum absolute atomic E-state index is 10.7. The van der Waals surface area contributed by atoms with Crippen molar-refractivity contribution >= 4 is 11.5 Å². The molecular formula is C13H19N5O2. The minimum Gasteiger partial charge on any atom is -0.370 e. The molecule has 20 heavy (non-hydrogen) atoms. The van der Waals surface area contributed by atoms with Crippen LogP contribution in [0, 0.1) is 21.4 Å². The lowest BCUT2D eigenvalue weighted by Crippen LogP contribution is -2.25. The molecule has 108 valence electrons. The highest BCUT2D eigenvalue weighted by Gasteiger charge is 2.15. The fourth-order valence-electron chi connectivity index (χ4n) is 1.84. The predicted octanol–water partition coefficient (Wildman–Crippen LogP) is 2.01. The van der Waals surface area contributed by atoms with E-state index in [0.717, 1.165) is 26.1 Å². The zero-order valence-corrected chi connectivity index (χ0v) is 11.8. The molecule has 0 aliphatic rings. The molecule has 1 rings (SSSR count). The minimum atomic E-state index is -0.601. The molecule has 1 heterocycles. The number of aromatic nitrogens is 1.